The Bertz CT molecular complexity index is 310. The van der Waals surface area contributed by atoms with E-state index in [0.29, 0.717) is 17.9 Å². The predicted molar refractivity (Wildman–Crippen MR) is 71.1 cm³/mol. The van der Waals surface area contributed by atoms with Crippen LogP contribution >= 0.6 is 11.8 Å². The Morgan fingerprint density at radius 2 is 2.29 bits per heavy atom. The van der Waals surface area contributed by atoms with Crippen LogP contribution in [-0.2, 0) is 4.79 Å². The summed E-state index contributed by atoms with van der Waals surface area (Å²) in [5.41, 5.74) is 0. The number of carbonyl (C=O) groups is 1. The summed E-state index contributed by atoms with van der Waals surface area (Å²) in [4.78, 5) is 14.7. The van der Waals surface area contributed by atoms with Crippen molar-refractivity contribution >= 4 is 17.7 Å². The van der Waals surface area contributed by atoms with E-state index < -0.39 is 0 Å². The molecule has 0 aromatic heterocycles. The van der Waals surface area contributed by atoms with Gasteiger partial charge in [0, 0.05) is 24.1 Å². The highest BCUT2D eigenvalue weighted by Crippen LogP contribution is 2.38. The van der Waals surface area contributed by atoms with Crippen LogP contribution in [0.2, 0.25) is 0 Å². The van der Waals surface area contributed by atoms with Crippen molar-refractivity contribution in [1.82, 2.24) is 10.2 Å². The van der Waals surface area contributed by atoms with Gasteiger partial charge in [0.15, 0.2) is 0 Å². The van der Waals surface area contributed by atoms with Crippen LogP contribution in [0.1, 0.15) is 26.2 Å². The van der Waals surface area contributed by atoms with Crippen molar-refractivity contribution in [2.75, 3.05) is 24.6 Å². The molecule has 2 saturated heterocycles. The molecule has 1 amide bonds. The van der Waals surface area contributed by atoms with Crippen LogP contribution in [0, 0.1) is 11.8 Å². The van der Waals surface area contributed by atoms with E-state index in [1.54, 1.807) is 0 Å². The molecule has 1 aliphatic carbocycles. The second-order valence-corrected chi connectivity index (χ2v) is 6.85. The lowest BCUT2D eigenvalue weighted by Crippen LogP contribution is -2.52. The van der Waals surface area contributed by atoms with Crippen molar-refractivity contribution in [1.29, 1.82) is 0 Å². The SMILES string of the molecule is CC1CSCCN1C(=O)C1NCC2CCCC21. The Labute approximate surface area is 108 Å². The number of nitrogens with one attached hydrogen (secondary N) is 1. The van der Waals surface area contributed by atoms with Gasteiger partial charge in [-0.1, -0.05) is 6.42 Å². The van der Waals surface area contributed by atoms with Gasteiger partial charge in [0.05, 0.1) is 6.04 Å². The number of carbonyl (C=O) groups excluding carboxylic acids is 1. The molecule has 0 bridgehead atoms. The van der Waals surface area contributed by atoms with E-state index in [1.165, 1.54) is 19.3 Å². The van der Waals surface area contributed by atoms with Gasteiger partial charge in [-0.3, -0.25) is 4.79 Å². The number of fused-ring (bicyclic) bond motifs is 1. The lowest BCUT2D eigenvalue weighted by Gasteiger charge is -2.36. The summed E-state index contributed by atoms with van der Waals surface area (Å²) in [5.74, 6) is 4.00. The number of nitrogens with zero attached hydrogens (tertiary/aromatic N) is 1. The minimum Gasteiger partial charge on any atom is -0.337 e. The van der Waals surface area contributed by atoms with E-state index >= 15 is 0 Å². The lowest BCUT2D eigenvalue weighted by atomic mass is 9.93. The highest BCUT2D eigenvalue weighted by Gasteiger charge is 2.44. The Balaban J connectivity index is 1.69. The normalized spacial score (nSPS) is 41.6. The molecule has 2 heterocycles. The zero-order valence-corrected chi connectivity index (χ0v) is 11.3. The molecule has 4 atom stereocenters. The third kappa shape index (κ3) is 2.10. The molecule has 17 heavy (non-hydrogen) atoms. The molecule has 1 saturated carbocycles. The number of hydrogen-bond donors (Lipinski definition) is 1. The first-order valence-corrected chi connectivity index (χ1v) is 8.04. The monoisotopic (exact) mass is 254 g/mol. The van der Waals surface area contributed by atoms with Crippen LogP contribution in [0.25, 0.3) is 0 Å². The summed E-state index contributed by atoms with van der Waals surface area (Å²) in [6.45, 7) is 4.20. The van der Waals surface area contributed by atoms with Gasteiger partial charge in [-0.25, -0.2) is 0 Å². The first-order chi connectivity index (χ1) is 8.27. The Kier molecular flexibility index (Phi) is 3.35. The fourth-order valence-corrected chi connectivity index (χ4v) is 4.70. The molecular formula is C13H22N2OS. The standard InChI is InChI=1S/C13H22N2OS/c1-9-8-17-6-5-15(9)13(16)12-11-4-2-3-10(11)7-14-12/h9-12,14H,2-8H2,1H3. The number of hydrogen-bond acceptors (Lipinski definition) is 3. The highest BCUT2D eigenvalue weighted by atomic mass is 32.2. The van der Waals surface area contributed by atoms with Crippen LogP contribution in [-0.4, -0.2) is 47.5 Å². The molecule has 3 nitrogen and oxygen atoms in total. The van der Waals surface area contributed by atoms with Crippen molar-refractivity contribution in [2.45, 2.75) is 38.3 Å². The Morgan fingerprint density at radius 3 is 3.12 bits per heavy atom. The predicted octanol–water partition coefficient (Wildman–Crippen LogP) is 1.34. The van der Waals surface area contributed by atoms with Crippen molar-refractivity contribution < 1.29 is 4.79 Å². The Hall–Kier alpha value is -0.220. The van der Waals surface area contributed by atoms with Gasteiger partial charge < -0.3 is 10.2 Å². The van der Waals surface area contributed by atoms with Gasteiger partial charge in [0.2, 0.25) is 5.91 Å². The molecule has 0 aromatic rings. The zero-order valence-electron chi connectivity index (χ0n) is 10.5. The van der Waals surface area contributed by atoms with Crippen LogP contribution in [0.15, 0.2) is 0 Å². The maximum absolute atomic E-state index is 12.6. The van der Waals surface area contributed by atoms with Crippen LogP contribution in [0.3, 0.4) is 0 Å². The highest BCUT2D eigenvalue weighted by molar-refractivity contribution is 7.99. The molecule has 3 aliphatic rings. The van der Waals surface area contributed by atoms with E-state index in [-0.39, 0.29) is 6.04 Å². The second kappa shape index (κ2) is 4.81. The van der Waals surface area contributed by atoms with Crippen LogP contribution in [0.4, 0.5) is 0 Å². The minimum atomic E-state index is 0.132. The molecule has 2 aliphatic heterocycles. The summed E-state index contributed by atoms with van der Waals surface area (Å²) in [6, 6.07) is 0.552. The summed E-state index contributed by atoms with van der Waals surface area (Å²) in [7, 11) is 0. The van der Waals surface area contributed by atoms with Gasteiger partial charge in [-0.2, -0.15) is 11.8 Å². The lowest BCUT2D eigenvalue weighted by molar-refractivity contribution is -0.135. The number of thioether (sulfide) groups is 1. The smallest absolute Gasteiger partial charge is 0.240 e. The van der Waals surface area contributed by atoms with E-state index in [4.69, 9.17) is 0 Å². The summed E-state index contributed by atoms with van der Waals surface area (Å²) < 4.78 is 0. The Morgan fingerprint density at radius 1 is 1.41 bits per heavy atom. The van der Waals surface area contributed by atoms with Crippen LogP contribution in [0.5, 0.6) is 0 Å². The summed E-state index contributed by atoms with van der Waals surface area (Å²) >= 11 is 1.97. The minimum absolute atomic E-state index is 0.132. The van der Waals surface area contributed by atoms with E-state index in [9.17, 15) is 4.79 Å². The molecular weight excluding hydrogens is 232 g/mol. The molecule has 96 valence electrons. The van der Waals surface area contributed by atoms with Crippen molar-refractivity contribution in [3.05, 3.63) is 0 Å². The second-order valence-electron chi connectivity index (χ2n) is 5.70. The van der Waals surface area contributed by atoms with Gasteiger partial charge in [-0.15, -0.1) is 0 Å². The first-order valence-electron chi connectivity index (χ1n) is 6.89. The van der Waals surface area contributed by atoms with Crippen molar-refractivity contribution in [3.8, 4) is 0 Å². The number of amides is 1. The molecule has 1 N–H and O–H groups in total. The molecule has 4 heteroatoms. The maximum Gasteiger partial charge on any atom is 0.240 e. The van der Waals surface area contributed by atoms with Crippen molar-refractivity contribution in [2.24, 2.45) is 11.8 Å². The van der Waals surface area contributed by atoms with Gasteiger partial charge in [-0.05, 0) is 38.1 Å². The van der Waals surface area contributed by atoms with E-state index in [1.807, 2.05) is 11.8 Å². The fourth-order valence-electron chi connectivity index (χ4n) is 3.69. The fraction of sp³-hybridized carbons (Fsp3) is 0.923. The van der Waals surface area contributed by atoms with Gasteiger partial charge in [0.1, 0.15) is 0 Å². The number of rotatable bonds is 1. The third-order valence-electron chi connectivity index (χ3n) is 4.66. The average Bonchev–Trinajstić information content (AvgIpc) is 2.90. The zero-order chi connectivity index (χ0) is 11.8. The maximum atomic E-state index is 12.6. The van der Waals surface area contributed by atoms with E-state index in [0.717, 1.165) is 30.5 Å². The third-order valence-corrected chi connectivity index (χ3v) is 5.85. The van der Waals surface area contributed by atoms with E-state index in [2.05, 4.69) is 17.1 Å². The van der Waals surface area contributed by atoms with Gasteiger partial charge >= 0.3 is 0 Å². The molecule has 3 rings (SSSR count). The molecule has 3 fully saturated rings. The topological polar surface area (TPSA) is 32.3 Å². The summed E-state index contributed by atoms with van der Waals surface area (Å²) in [6.07, 6.45) is 3.91. The largest absolute Gasteiger partial charge is 0.337 e. The molecule has 0 spiro atoms. The average molecular weight is 254 g/mol. The molecule has 4 unspecified atom stereocenters. The summed E-state index contributed by atoms with van der Waals surface area (Å²) in [5, 5.41) is 3.48. The van der Waals surface area contributed by atoms with Crippen molar-refractivity contribution in [3.63, 3.8) is 0 Å². The molecule has 0 aromatic carbocycles. The first kappa shape index (κ1) is 11.8. The van der Waals surface area contributed by atoms with Gasteiger partial charge in [0.25, 0.3) is 0 Å². The van der Waals surface area contributed by atoms with Crippen LogP contribution < -0.4 is 5.32 Å². The molecule has 0 radical (unpaired) electrons. The quantitative estimate of drug-likeness (QED) is 0.766.